The minimum Gasteiger partial charge on any atom is -0.456 e. The third-order valence-electron chi connectivity index (χ3n) is 3.57. The number of aromatic nitrogens is 2. The van der Waals surface area contributed by atoms with Crippen LogP contribution >= 0.6 is 0 Å². The number of rotatable bonds is 2. The first-order valence-electron chi connectivity index (χ1n) is 6.72. The first kappa shape index (κ1) is 12.9. The first-order valence-corrected chi connectivity index (χ1v) is 6.72. The monoisotopic (exact) mass is 274 g/mol. The Kier molecular flexibility index (Phi) is 3.31. The first-order chi connectivity index (χ1) is 9.65. The number of furan rings is 1. The Bertz CT molecular complexity index is 616. The van der Waals surface area contributed by atoms with Crippen LogP contribution in [-0.4, -0.2) is 40.2 Å². The summed E-state index contributed by atoms with van der Waals surface area (Å²) < 4.78 is 7.21. The summed E-state index contributed by atoms with van der Waals surface area (Å²) in [7, 11) is 1.88. The van der Waals surface area contributed by atoms with Crippen LogP contribution in [-0.2, 0) is 7.05 Å². The van der Waals surface area contributed by atoms with Gasteiger partial charge < -0.3 is 14.6 Å². The van der Waals surface area contributed by atoms with Crippen molar-refractivity contribution >= 4 is 5.91 Å². The minimum atomic E-state index is -0.0616. The molecule has 1 amide bonds. The lowest BCUT2D eigenvalue weighted by Gasteiger charge is -2.35. The van der Waals surface area contributed by atoms with Crippen molar-refractivity contribution in [2.24, 2.45) is 7.05 Å². The van der Waals surface area contributed by atoms with Crippen molar-refractivity contribution in [2.45, 2.75) is 13.0 Å². The second-order valence-electron chi connectivity index (χ2n) is 5.08. The van der Waals surface area contributed by atoms with Crippen LogP contribution in [0.15, 0.2) is 28.9 Å². The molecule has 1 aliphatic rings. The van der Waals surface area contributed by atoms with Crippen LogP contribution in [0.4, 0.5) is 0 Å². The van der Waals surface area contributed by atoms with Crippen molar-refractivity contribution in [3.63, 3.8) is 0 Å². The van der Waals surface area contributed by atoms with E-state index in [2.05, 4.69) is 10.4 Å². The van der Waals surface area contributed by atoms with E-state index < -0.39 is 0 Å². The number of aryl methyl sites for hydroxylation is 2. The molecule has 6 nitrogen and oxygen atoms in total. The average Bonchev–Trinajstić information content (AvgIpc) is 3.07. The van der Waals surface area contributed by atoms with Gasteiger partial charge in [-0.2, -0.15) is 5.10 Å². The topological polar surface area (TPSA) is 63.3 Å². The van der Waals surface area contributed by atoms with Crippen LogP contribution in [0.3, 0.4) is 0 Å². The third kappa shape index (κ3) is 2.34. The van der Waals surface area contributed by atoms with Gasteiger partial charge in [-0.15, -0.1) is 0 Å². The smallest absolute Gasteiger partial charge is 0.290 e. The SMILES string of the molecule is Cc1ccc(C(=O)N2CCNCC2c2cnn(C)c2)o1. The number of nitrogens with zero attached hydrogens (tertiary/aromatic N) is 3. The van der Waals surface area contributed by atoms with Crippen molar-refractivity contribution in [3.8, 4) is 0 Å². The van der Waals surface area contributed by atoms with Gasteiger partial charge in [0.25, 0.3) is 5.91 Å². The van der Waals surface area contributed by atoms with Crippen LogP contribution in [0, 0.1) is 6.92 Å². The number of carbonyl (C=O) groups excluding carboxylic acids is 1. The van der Waals surface area contributed by atoms with Crippen molar-refractivity contribution in [3.05, 3.63) is 41.6 Å². The zero-order chi connectivity index (χ0) is 14.1. The molecule has 1 atom stereocenters. The molecule has 3 heterocycles. The molecule has 0 aromatic carbocycles. The number of amides is 1. The van der Waals surface area contributed by atoms with Crippen LogP contribution in [0.25, 0.3) is 0 Å². The molecule has 0 spiro atoms. The number of nitrogens with one attached hydrogen (secondary N) is 1. The van der Waals surface area contributed by atoms with Gasteiger partial charge in [-0.3, -0.25) is 9.48 Å². The molecule has 1 saturated heterocycles. The van der Waals surface area contributed by atoms with E-state index in [0.29, 0.717) is 12.3 Å². The maximum atomic E-state index is 12.6. The van der Waals surface area contributed by atoms with Gasteiger partial charge in [0.2, 0.25) is 0 Å². The highest BCUT2D eigenvalue weighted by Gasteiger charge is 2.30. The molecule has 2 aromatic rings. The minimum absolute atomic E-state index is 0.00430. The fraction of sp³-hybridized carbons (Fsp3) is 0.429. The van der Waals surface area contributed by atoms with E-state index in [4.69, 9.17) is 4.42 Å². The largest absolute Gasteiger partial charge is 0.456 e. The number of hydrogen-bond acceptors (Lipinski definition) is 4. The number of hydrogen-bond donors (Lipinski definition) is 1. The number of carbonyl (C=O) groups is 1. The highest BCUT2D eigenvalue weighted by molar-refractivity contribution is 5.92. The van der Waals surface area contributed by atoms with Crippen molar-refractivity contribution in [2.75, 3.05) is 19.6 Å². The van der Waals surface area contributed by atoms with E-state index in [1.54, 1.807) is 10.7 Å². The molecular formula is C14H18N4O2. The van der Waals surface area contributed by atoms with Crippen molar-refractivity contribution in [1.82, 2.24) is 20.0 Å². The Hall–Kier alpha value is -2.08. The lowest BCUT2D eigenvalue weighted by Crippen LogP contribution is -2.48. The van der Waals surface area contributed by atoms with E-state index >= 15 is 0 Å². The number of piperazine rings is 1. The second kappa shape index (κ2) is 5.13. The Morgan fingerprint density at radius 3 is 3.00 bits per heavy atom. The molecule has 1 unspecified atom stereocenters. The summed E-state index contributed by atoms with van der Waals surface area (Å²) in [6, 6.07) is 3.55. The molecule has 1 aliphatic heterocycles. The maximum absolute atomic E-state index is 12.6. The molecule has 2 aromatic heterocycles. The third-order valence-corrected chi connectivity index (χ3v) is 3.57. The highest BCUT2D eigenvalue weighted by atomic mass is 16.3. The summed E-state index contributed by atoms with van der Waals surface area (Å²) >= 11 is 0. The van der Waals surface area contributed by atoms with Crippen LogP contribution < -0.4 is 5.32 Å². The van der Waals surface area contributed by atoms with E-state index in [1.807, 2.05) is 37.3 Å². The van der Waals surface area contributed by atoms with Gasteiger partial charge in [-0.25, -0.2) is 0 Å². The Labute approximate surface area is 117 Å². The van der Waals surface area contributed by atoms with Crippen LogP contribution in [0.1, 0.15) is 27.9 Å². The summed E-state index contributed by atoms with van der Waals surface area (Å²) in [6.07, 6.45) is 3.76. The van der Waals surface area contributed by atoms with Gasteiger partial charge in [0.05, 0.1) is 12.2 Å². The molecule has 3 rings (SSSR count). The van der Waals surface area contributed by atoms with E-state index in [9.17, 15) is 4.79 Å². The lowest BCUT2D eigenvalue weighted by molar-refractivity contribution is 0.0600. The summed E-state index contributed by atoms with van der Waals surface area (Å²) in [5.74, 6) is 1.09. The summed E-state index contributed by atoms with van der Waals surface area (Å²) in [5, 5.41) is 7.51. The molecule has 1 fully saturated rings. The van der Waals surface area contributed by atoms with Crippen molar-refractivity contribution in [1.29, 1.82) is 0 Å². The van der Waals surface area contributed by atoms with E-state index in [-0.39, 0.29) is 11.9 Å². The molecule has 0 saturated carbocycles. The van der Waals surface area contributed by atoms with E-state index in [1.165, 1.54) is 0 Å². The van der Waals surface area contributed by atoms with Crippen molar-refractivity contribution < 1.29 is 9.21 Å². The molecule has 0 radical (unpaired) electrons. The van der Waals surface area contributed by atoms with Gasteiger partial charge in [0.15, 0.2) is 5.76 Å². The molecule has 20 heavy (non-hydrogen) atoms. The average molecular weight is 274 g/mol. The Morgan fingerprint density at radius 2 is 2.35 bits per heavy atom. The van der Waals surface area contributed by atoms with Crippen LogP contribution in [0.2, 0.25) is 0 Å². The zero-order valence-electron chi connectivity index (χ0n) is 11.7. The standard InChI is InChI=1S/C14H18N4O2/c1-10-3-4-13(20-10)14(19)18-6-5-15-8-12(18)11-7-16-17(2)9-11/h3-4,7,9,12,15H,5-6,8H2,1-2H3. The van der Waals surface area contributed by atoms with Crippen LogP contribution in [0.5, 0.6) is 0 Å². The molecule has 6 heteroatoms. The second-order valence-corrected chi connectivity index (χ2v) is 5.08. The van der Waals surface area contributed by atoms with Gasteiger partial charge in [-0.1, -0.05) is 0 Å². The molecule has 0 bridgehead atoms. The predicted molar refractivity (Wildman–Crippen MR) is 73.3 cm³/mol. The van der Waals surface area contributed by atoms with Gasteiger partial charge in [0, 0.05) is 38.4 Å². The molecule has 106 valence electrons. The lowest BCUT2D eigenvalue weighted by atomic mass is 10.1. The highest BCUT2D eigenvalue weighted by Crippen LogP contribution is 2.24. The summed E-state index contributed by atoms with van der Waals surface area (Å²) in [5.41, 5.74) is 1.04. The quantitative estimate of drug-likeness (QED) is 0.891. The van der Waals surface area contributed by atoms with E-state index in [0.717, 1.165) is 24.4 Å². The van der Waals surface area contributed by atoms with Gasteiger partial charge >= 0.3 is 0 Å². The summed E-state index contributed by atoms with van der Waals surface area (Å²) in [6.45, 7) is 4.03. The fourth-order valence-corrected chi connectivity index (χ4v) is 2.55. The summed E-state index contributed by atoms with van der Waals surface area (Å²) in [4.78, 5) is 14.4. The normalized spacial score (nSPS) is 19.3. The Morgan fingerprint density at radius 1 is 1.50 bits per heavy atom. The molecule has 1 N–H and O–H groups in total. The predicted octanol–water partition coefficient (Wildman–Crippen LogP) is 1.11. The van der Waals surface area contributed by atoms with Gasteiger partial charge in [0.1, 0.15) is 5.76 Å². The maximum Gasteiger partial charge on any atom is 0.290 e. The Balaban J connectivity index is 1.87. The zero-order valence-corrected chi connectivity index (χ0v) is 11.7. The molecule has 0 aliphatic carbocycles. The fourth-order valence-electron chi connectivity index (χ4n) is 2.55. The van der Waals surface area contributed by atoms with Gasteiger partial charge in [-0.05, 0) is 19.1 Å². The molecular weight excluding hydrogens is 256 g/mol.